The minimum Gasteiger partial charge on any atom is -0.477 e. The summed E-state index contributed by atoms with van der Waals surface area (Å²) in [5.74, 6) is -2.10. The van der Waals surface area contributed by atoms with Crippen molar-refractivity contribution in [3.05, 3.63) is 83.7 Å². The number of pyridine rings is 1. The van der Waals surface area contributed by atoms with Crippen LogP contribution < -0.4 is 10.6 Å². The summed E-state index contributed by atoms with van der Waals surface area (Å²) in [7, 11) is 0. The molecular weight excluding hydrogens is 434 g/mol. The molecule has 8 heteroatoms. The van der Waals surface area contributed by atoms with Gasteiger partial charge in [-0.05, 0) is 41.3 Å². The zero-order valence-corrected chi connectivity index (χ0v) is 18.8. The number of benzene rings is 2. The second-order valence-corrected chi connectivity index (χ2v) is 8.27. The number of amides is 2. The third-order valence-corrected chi connectivity index (χ3v) is 6.10. The molecule has 0 aliphatic heterocycles. The monoisotopic (exact) mass is 459 g/mol. The lowest BCUT2D eigenvalue weighted by atomic mass is 9.98. The third-order valence-electron chi connectivity index (χ3n) is 6.10. The second-order valence-electron chi connectivity index (χ2n) is 8.27. The number of rotatable bonds is 7. The van der Waals surface area contributed by atoms with E-state index in [1.165, 1.54) is 18.3 Å². The minimum absolute atomic E-state index is 0.0459. The highest BCUT2D eigenvalue weighted by Gasteiger charge is 2.29. The number of nitrogens with one attached hydrogen (secondary N) is 2. The smallest absolute Gasteiger partial charge is 0.407 e. The molecule has 3 aromatic rings. The van der Waals surface area contributed by atoms with Gasteiger partial charge in [-0.2, -0.15) is 0 Å². The first kappa shape index (κ1) is 23.0. The fourth-order valence-electron chi connectivity index (χ4n) is 4.03. The lowest BCUT2D eigenvalue weighted by molar-refractivity contribution is -0.120. The van der Waals surface area contributed by atoms with Crippen LogP contribution in [0.1, 0.15) is 41.4 Å². The fourth-order valence-corrected chi connectivity index (χ4v) is 4.03. The van der Waals surface area contributed by atoms with Crippen LogP contribution in [0.25, 0.3) is 11.1 Å². The molecule has 3 N–H and O–H groups in total. The van der Waals surface area contributed by atoms with E-state index >= 15 is 0 Å². The number of hydrogen-bond acceptors (Lipinski definition) is 5. The third kappa shape index (κ3) is 4.76. The average Bonchev–Trinajstić information content (AvgIpc) is 3.16. The van der Waals surface area contributed by atoms with Crippen LogP contribution in [0, 0.1) is 5.92 Å². The van der Waals surface area contributed by atoms with Gasteiger partial charge in [0, 0.05) is 12.0 Å². The minimum atomic E-state index is -1.15. The second kappa shape index (κ2) is 9.74. The van der Waals surface area contributed by atoms with Gasteiger partial charge in [-0.25, -0.2) is 14.6 Å². The molecule has 1 aromatic heterocycles. The molecular formula is C26H25N3O5. The Morgan fingerprint density at radius 2 is 1.59 bits per heavy atom. The first-order valence-corrected chi connectivity index (χ1v) is 11.0. The van der Waals surface area contributed by atoms with Crippen molar-refractivity contribution < 1.29 is 24.2 Å². The maximum atomic E-state index is 12.5. The summed E-state index contributed by atoms with van der Waals surface area (Å²) < 4.78 is 5.55. The quantitative estimate of drug-likeness (QED) is 0.485. The highest BCUT2D eigenvalue weighted by molar-refractivity contribution is 5.93. The molecule has 0 bridgehead atoms. The highest BCUT2D eigenvalue weighted by Crippen LogP contribution is 2.44. The number of carbonyl (C=O) groups excluding carboxylic acids is 2. The predicted molar refractivity (Wildman–Crippen MR) is 127 cm³/mol. The number of fused-ring (bicyclic) bond motifs is 3. The maximum Gasteiger partial charge on any atom is 0.407 e. The summed E-state index contributed by atoms with van der Waals surface area (Å²) in [6.07, 6.45) is 0.680. The van der Waals surface area contributed by atoms with Gasteiger partial charge in [-0.3, -0.25) is 4.79 Å². The lowest BCUT2D eigenvalue weighted by Gasteiger charge is -2.21. The van der Waals surface area contributed by atoms with Crippen molar-refractivity contribution in [3.63, 3.8) is 0 Å². The number of anilines is 1. The molecule has 2 unspecified atom stereocenters. The van der Waals surface area contributed by atoms with E-state index < -0.39 is 24.0 Å². The van der Waals surface area contributed by atoms with E-state index in [1.54, 1.807) is 13.8 Å². The topological polar surface area (TPSA) is 118 Å². The van der Waals surface area contributed by atoms with Crippen molar-refractivity contribution in [2.75, 3.05) is 11.9 Å². The largest absolute Gasteiger partial charge is 0.477 e. The van der Waals surface area contributed by atoms with Crippen molar-refractivity contribution in [2.24, 2.45) is 5.92 Å². The molecule has 2 amide bonds. The molecule has 0 fully saturated rings. The summed E-state index contributed by atoms with van der Waals surface area (Å²) >= 11 is 0. The van der Waals surface area contributed by atoms with Gasteiger partial charge in [0.1, 0.15) is 12.3 Å². The molecule has 2 aromatic carbocycles. The molecule has 0 radical (unpaired) electrons. The molecule has 1 heterocycles. The van der Waals surface area contributed by atoms with E-state index in [1.807, 2.05) is 36.4 Å². The van der Waals surface area contributed by atoms with Crippen molar-refractivity contribution in [1.29, 1.82) is 0 Å². The van der Waals surface area contributed by atoms with E-state index in [9.17, 15) is 14.4 Å². The molecule has 1 aliphatic rings. The van der Waals surface area contributed by atoms with Gasteiger partial charge in [0.25, 0.3) is 0 Å². The Balaban J connectivity index is 1.32. The average molecular weight is 460 g/mol. The predicted octanol–water partition coefficient (Wildman–Crippen LogP) is 4.28. The zero-order chi connectivity index (χ0) is 24.2. The van der Waals surface area contributed by atoms with Crippen LogP contribution >= 0.6 is 0 Å². The standard InChI is InChI=1S/C26H25N3O5/c1-15(24(30)29-17-11-12-23(25(31)32)27-13-17)16(2)28-26(33)34-14-22-20-9-5-3-7-18(20)19-8-4-6-10-21(19)22/h3-13,15-16,22H,14H2,1-2H3,(H,28,33)(H,29,30)(H,31,32). The Kier molecular flexibility index (Phi) is 6.58. The van der Waals surface area contributed by atoms with Gasteiger partial charge in [-0.15, -0.1) is 0 Å². The molecule has 1 aliphatic carbocycles. The summed E-state index contributed by atoms with van der Waals surface area (Å²) in [5.41, 5.74) is 4.81. The van der Waals surface area contributed by atoms with E-state index in [-0.39, 0.29) is 24.1 Å². The number of hydrogen-bond donors (Lipinski definition) is 3. The Labute approximate surface area is 197 Å². The van der Waals surface area contributed by atoms with Gasteiger partial charge in [0.05, 0.1) is 17.8 Å². The van der Waals surface area contributed by atoms with E-state index in [2.05, 4.69) is 27.8 Å². The molecule has 34 heavy (non-hydrogen) atoms. The Morgan fingerprint density at radius 1 is 0.971 bits per heavy atom. The Hall–Kier alpha value is -4.20. The van der Waals surface area contributed by atoms with Crippen LogP contribution in [0.15, 0.2) is 66.9 Å². The molecule has 0 saturated heterocycles. The first-order chi connectivity index (χ1) is 16.3. The highest BCUT2D eigenvalue weighted by atomic mass is 16.5. The number of carbonyl (C=O) groups is 3. The molecule has 0 spiro atoms. The maximum absolute atomic E-state index is 12.5. The van der Waals surface area contributed by atoms with Gasteiger partial charge >= 0.3 is 12.1 Å². The molecule has 8 nitrogen and oxygen atoms in total. The van der Waals surface area contributed by atoms with Gasteiger partial charge < -0.3 is 20.5 Å². The van der Waals surface area contributed by atoms with E-state index in [0.29, 0.717) is 5.69 Å². The summed E-state index contributed by atoms with van der Waals surface area (Å²) in [6, 6.07) is 18.5. The van der Waals surface area contributed by atoms with Gasteiger partial charge in [0.2, 0.25) is 5.91 Å². The fraction of sp³-hybridized carbons (Fsp3) is 0.231. The van der Waals surface area contributed by atoms with Crippen molar-refractivity contribution in [2.45, 2.75) is 25.8 Å². The molecule has 2 atom stereocenters. The summed E-state index contributed by atoms with van der Waals surface area (Å²) in [6.45, 7) is 3.59. The van der Waals surface area contributed by atoms with E-state index in [4.69, 9.17) is 9.84 Å². The van der Waals surface area contributed by atoms with Gasteiger partial charge in [0.15, 0.2) is 0 Å². The van der Waals surface area contributed by atoms with Crippen LogP contribution in [-0.4, -0.2) is 40.7 Å². The Bertz CT molecular complexity index is 1180. The number of aromatic nitrogens is 1. The molecule has 174 valence electrons. The van der Waals surface area contributed by atoms with E-state index in [0.717, 1.165) is 22.3 Å². The number of aromatic carboxylic acids is 1. The number of nitrogens with zero attached hydrogens (tertiary/aromatic N) is 1. The number of carboxylic acid groups (broad SMARTS) is 1. The number of alkyl carbamates (subject to hydrolysis) is 1. The van der Waals surface area contributed by atoms with Crippen LogP contribution in [-0.2, 0) is 9.53 Å². The molecule has 0 saturated carbocycles. The van der Waals surface area contributed by atoms with Crippen LogP contribution in [0.3, 0.4) is 0 Å². The summed E-state index contributed by atoms with van der Waals surface area (Å²) in [4.78, 5) is 39.7. The zero-order valence-electron chi connectivity index (χ0n) is 18.8. The lowest BCUT2D eigenvalue weighted by Crippen LogP contribution is -2.42. The van der Waals surface area contributed by atoms with Crippen LogP contribution in [0.5, 0.6) is 0 Å². The van der Waals surface area contributed by atoms with Crippen molar-refractivity contribution >= 4 is 23.7 Å². The normalized spacial score (nSPS) is 13.8. The number of carboxylic acids is 1. The Morgan fingerprint density at radius 3 is 2.15 bits per heavy atom. The molecule has 4 rings (SSSR count). The number of ether oxygens (including phenoxy) is 1. The first-order valence-electron chi connectivity index (χ1n) is 11.0. The van der Waals surface area contributed by atoms with Crippen molar-refractivity contribution in [3.8, 4) is 11.1 Å². The van der Waals surface area contributed by atoms with Crippen LogP contribution in [0.2, 0.25) is 0 Å². The van der Waals surface area contributed by atoms with Gasteiger partial charge in [-0.1, -0.05) is 55.5 Å². The van der Waals surface area contributed by atoms with Crippen LogP contribution in [0.4, 0.5) is 10.5 Å². The van der Waals surface area contributed by atoms with Crippen molar-refractivity contribution in [1.82, 2.24) is 10.3 Å². The SMILES string of the molecule is CC(NC(=O)OCC1c2ccccc2-c2ccccc21)C(C)C(=O)Nc1ccc(C(=O)O)nc1. The summed E-state index contributed by atoms with van der Waals surface area (Å²) in [5, 5.41) is 14.3.